The second kappa shape index (κ2) is 3.74. The molecule has 0 radical (unpaired) electrons. The SMILES string of the molecule is OCCC1CCC=C1CO. The number of aliphatic hydroxyl groups is 2. The first-order valence-electron chi connectivity index (χ1n) is 3.79. The van der Waals surface area contributed by atoms with E-state index < -0.39 is 0 Å². The Balaban J connectivity index is 2.38. The Morgan fingerprint density at radius 3 is 2.90 bits per heavy atom. The summed E-state index contributed by atoms with van der Waals surface area (Å²) in [5.74, 6) is 0.454. The van der Waals surface area contributed by atoms with Crippen molar-refractivity contribution in [2.45, 2.75) is 19.3 Å². The van der Waals surface area contributed by atoms with Gasteiger partial charge in [-0.1, -0.05) is 6.08 Å². The van der Waals surface area contributed by atoms with E-state index in [4.69, 9.17) is 10.2 Å². The van der Waals surface area contributed by atoms with Gasteiger partial charge in [0, 0.05) is 6.61 Å². The summed E-state index contributed by atoms with van der Waals surface area (Å²) in [5, 5.41) is 17.4. The van der Waals surface area contributed by atoms with E-state index in [-0.39, 0.29) is 13.2 Å². The third-order valence-corrected chi connectivity index (χ3v) is 2.11. The van der Waals surface area contributed by atoms with Gasteiger partial charge in [0.25, 0.3) is 0 Å². The normalized spacial score (nSPS) is 25.0. The lowest BCUT2D eigenvalue weighted by molar-refractivity contribution is 0.254. The third-order valence-electron chi connectivity index (χ3n) is 2.11. The van der Waals surface area contributed by atoms with Gasteiger partial charge in [0.05, 0.1) is 6.61 Å². The minimum Gasteiger partial charge on any atom is -0.396 e. The first-order chi connectivity index (χ1) is 4.88. The van der Waals surface area contributed by atoms with E-state index in [0.29, 0.717) is 5.92 Å². The second-order valence-electron chi connectivity index (χ2n) is 2.72. The van der Waals surface area contributed by atoms with Gasteiger partial charge in [-0.05, 0) is 30.8 Å². The maximum absolute atomic E-state index is 8.81. The predicted molar refractivity (Wildman–Crippen MR) is 39.6 cm³/mol. The van der Waals surface area contributed by atoms with Crippen LogP contribution in [0.2, 0.25) is 0 Å². The van der Waals surface area contributed by atoms with Crippen molar-refractivity contribution in [2.75, 3.05) is 13.2 Å². The zero-order valence-electron chi connectivity index (χ0n) is 6.08. The minimum absolute atomic E-state index is 0.171. The van der Waals surface area contributed by atoms with Crippen LogP contribution in [0.1, 0.15) is 19.3 Å². The summed E-state index contributed by atoms with van der Waals surface area (Å²) in [6, 6.07) is 0. The fourth-order valence-corrected chi connectivity index (χ4v) is 1.50. The topological polar surface area (TPSA) is 40.5 Å². The molecule has 0 aliphatic heterocycles. The van der Waals surface area contributed by atoms with Crippen LogP contribution in [0, 0.1) is 5.92 Å². The highest BCUT2D eigenvalue weighted by atomic mass is 16.3. The lowest BCUT2D eigenvalue weighted by atomic mass is 9.99. The predicted octanol–water partition coefficient (Wildman–Crippen LogP) is 0.698. The van der Waals surface area contributed by atoms with E-state index in [2.05, 4.69) is 6.08 Å². The smallest absolute Gasteiger partial charge is 0.0644 e. The standard InChI is InChI=1S/C8H14O2/c9-5-4-7-2-1-3-8(7)6-10/h3,7,9-10H,1-2,4-6H2. The molecule has 2 nitrogen and oxygen atoms in total. The fraction of sp³-hybridized carbons (Fsp3) is 0.750. The maximum atomic E-state index is 8.81. The minimum atomic E-state index is 0.171. The molecule has 2 heteroatoms. The summed E-state index contributed by atoms with van der Waals surface area (Å²) in [7, 11) is 0. The van der Waals surface area contributed by atoms with Crippen molar-refractivity contribution in [1.29, 1.82) is 0 Å². The van der Waals surface area contributed by atoms with Gasteiger partial charge in [-0.2, -0.15) is 0 Å². The zero-order chi connectivity index (χ0) is 7.40. The van der Waals surface area contributed by atoms with Crippen LogP contribution in [-0.2, 0) is 0 Å². The molecular weight excluding hydrogens is 128 g/mol. The van der Waals surface area contributed by atoms with Crippen LogP contribution in [0.15, 0.2) is 11.6 Å². The number of rotatable bonds is 3. The van der Waals surface area contributed by atoms with Crippen molar-refractivity contribution < 1.29 is 10.2 Å². The highest BCUT2D eigenvalue weighted by molar-refractivity contribution is 5.12. The van der Waals surface area contributed by atoms with Gasteiger partial charge < -0.3 is 10.2 Å². The van der Waals surface area contributed by atoms with Gasteiger partial charge >= 0.3 is 0 Å². The Hall–Kier alpha value is -0.340. The lowest BCUT2D eigenvalue weighted by Crippen LogP contribution is -2.04. The molecule has 0 aromatic carbocycles. The molecule has 0 bridgehead atoms. The second-order valence-corrected chi connectivity index (χ2v) is 2.72. The number of hydrogen-bond acceptors (Lipinski definition) is 2. The van der Waals surface area contributed by atoms with Crippen LogP contribution in [0.3, 0.4) is 0 Å². The van der Waals surface area contributed by atoms with Gasteiger partial charge in [-0.3, -0.25) is 0 Å². The quantitative estimate of drug-likeness (QED) is 0.569. The van der Waals surface area contributed by atoms with Crippen LogP contribution in [0.5, 0.6) is 0 Å². The van der Waals surface area contributed by atoms with Crippen molar-refractivity contribution >= 4 is 0 Å². The molecule has 0 spiro atoms. The lowest BCUT2D eigenvalue weighted by Gasteiger charge is -2.09. The Morgan fingerprint density at radius 1 is 1.50 bits per heavy atom. The van der Waals surface area contributed by atoms with Gasteiger partial charge in [0.1, 0.15) is 0 Å². The molecular formula is C8H14O2. The third kappa shape index (κ3) is 1.58. The van der Waals surface area contributed by atoms with Gasteiger partial charge in [0.2, 0.25) is 0 Å². The molecule has 0 saturated carbocycles. The summed E-state index contributed by atoms with van der Waals surface area (Å²) in [6.45, 7) is 0.409. The molecule has 10 heavy (non-hydrogen) atoms. The monoisotopic (exact) mass is 142 g/mol. The molecule has 1 aliphatic rings. The summed E-state index contributed by atoms with van der Waals surface area (Å²) in [6.07, 6.45) is 5.07. The molecule has 2 N–H and O–H groups in total. The van der Waals surface area contributed by atoms with Crippen molar-refractivity contribution in [3.05, 3.63) is 11.6 Å². The fourth-order valence-electron chi connectivity index (χ4n) is 1.50. The summed E-state index contributed by atoms with van der Waals surface area (Å²) >= 11 is 0. The first-order valence-corrected chi connectivity index (χ1v) is 3.79. The van der Waals surface area contributed by atoms with Crippen LogP contribution in [0.25, 0.3) is 0 Å². The molecule has 0 aromatic heterocycles. The highest BCUT2D eigenvalue weighted by Crippen LogP contribution is 2.27. The van der Waals surface area contributed by atoms with Gasteiger partial charge in [0.15, 0.2) is 0 Å². The van der Waals surface area contributed by atoms with Crippen LogP contribution < -0.4 is 0 Å². The molecule has 1 aliphatic carbocycles. The molecule has 0 fully saturated rings. The number of aliphatic hydroxyl groups excluding tert-OH is 2. The molecule has 0 saturated heterocycles. The first kappa shape index (κ1) is 7.76. The van der Waals surface area contributed by atoms with E-state index in [1.54, 1.807) is 0 Å². The van der Waals surface area contributed by atoms with E-state index in [9.17, 15) is 0 Å². The maximum Gasteiger partial charge on any atom is 0.0644 e. The largest absolute Gasteiger partial charge is 0.396 e. The highest BCUT2D eigenvalue weighted by Gasteiger charge is 2.16. The molecule has 0 amide bonds. The number of hydrogen-bond donors (Lipinski definition) is 2. The molecule has 58 valence electrons. The summed E-state index contributed by atoms with van der Waals surface area (Å²) in [4.78, 5) is 0. The zero-order valence-corrected chi connectivity index (χ0v) is 6.08. The van der Waals surface area contributed by atoms with Crippen molar-refractivity contribution in [1.82, 2.24) is 0 Å². The van der Waals surface area contributed by atoms with Crippen LogP contribution in [0.4, 0.5) is 0 Å². The van der Waals surface area contributed by atoms with Gasteiger partial charge in [-0.25, -0.2) is 0 Å². The molecule has 1 unspecified atom stereocenters. The van der Waals surface area contributed by atoms with Crippen LogP contribution in [-0.4, -0.2) is 23.4 Å². The van der Waals surface area contributed by atoms with E-state index in [1.807, 2.05) is 0 Å². The van der Waals surface area contributed by atoms with Gasteiger partial charge in [-0.15, -0.1) is 0 Å². The Kier molecular flexibility index (Phi) is 2.90. The Morgan fingerprint density at radius 2 is 2.30 bits per heavy atom. The molecule has 0 aromatic rings. The summed E-state index contributed by atoms with van der Waals surface area (Å²) < 4.78 is 0. The molecule has 1 atom stereocenters. The average Bonchev–Trinajstić information content (AvgIpc) is 2.36. The van der Waals surface area contributed by atoms with E-state index >= 15 is 0 Å². The molecule has 1 rings (SSSR count). The van der Waals surface area contributed by atoms with E-state index in [1.165, 1.54) is 0 Å². The number of allylic oxidation sites excluding steroid dienone is 1. The van der Waals surface area contributed by atoms with Crippen molar-refractivity contribution in [3.8, 4) is 0 Å². The Bertz CT molecular complexity index is 129. The molecule has 0 heterocycles. The Labute approximate surface area is 61.2 Å². The van der Waals surface area contributed by atoms with Crippen molar-refractivity contribution in [2.24, 2.45) is 5.92 Å². The van der Waals surface area contributed by atoms with Crippen molar-refractivity contribution in [3.63, 3.8) is 0 Å². The van der Waals surface area contributed by atoms with E-state index in [0.717, 1.165) is 24.8 Å². The van der Waals surface area contributed by atoms with Crippen LogP contribution >= 0.6 is 0 Å². The average molecular weight is 142 g/mol. The summed E-state index contributed by atoms with van der Waals surface area (Å²) in [5.41, 5.74) is 1.12.